The van der Waals surface area contributed by atoms with Gasteiger partial charge in [-0.25, -0.2) is 69.5 Å². The van der Waals surface area contributed by atoms with Gasteiger partial charge in [-0.3, -0.25) is 20.4 Å². The summed E-state index contributed by atoms with van der Waals surface area (Å²) in [4.78, 5) is 114. The van der Waals surface area contributed by atoms with Crippen LogP contribution in [0.15, 0.2) is 253 Å². The summed E-state index contributed by atoms with van der Waals surface area (Å²) in [6, 6.07) is 9.49. The number of nitrogens with one attached hydrogen (secondary N) is 3. The molecule has 43 nitrogen and oxygen atoms in total. The van der Waals surface area contributed by atoms with Gasteiger partial charge in [0.25, 0.3) is 11.8 Å². The van der Waals surface area contributed by atoms with Gasteiger partial charge in [0.05, 0.1) is 38.3 Å². The standard InChI is InChI=1S/C107H139N17O26/c1-13-15-19-31-70-32-25-26-33-71(70)39-45-88(133)119-92-64(9)149-106(147)82(58-125)117-96(137)80(55-86(108)131)115-102(143)90(62(7)127)121-99(140)79(52-67-29-23-18-24-30-67)112-95(136)77(50-61(5)6)114-101(142)85(54-69-37-43-75(130)44-38-69)124(12)105(146)93(120-89(134)46-40-72-47-48-110-57-73(72)34-20-16-14-2)65(10)150-107(148)83(59-126)118-97(138)81(56-87(109)132)116-103(144)91(63(8)128)122-98(139)78(51-66-27-21-17-22-28-66)111-94(135)76(49-60(3)4)113-100(141)84(123(11)104(92)145)53-68-35-41-74(129)42-36-68/h17-45,47-48,53-54,60-65,73,76-83,90-93,110,125-130H,13-16,46,49-52,55-59H2,1-12H3,(H2,108,131)(H2,109,132)(H,111,135)(H,112,136)(H,113,141)(H,114,142)(H,115,143)(H,116,144)(H,117,137)(H,118,138)(H,119,133)(H,120,134)(H,121,140)(H,122,139)/b31-19-,34-20-,45-39+,72-40-,84-53+,85-54+/t62-,63-,64+,65+,73+,76-,77-,78+,79+,80-,81-,82-,83-,90-,91-,92-,93-/m0/s1. The molecule has 43 heteroatoms. The molecule has 7 rings (SSSR count). The van der Waals surface area contributed by atoms with Gasteiger partial charge >= 0.3 is 11.9 Å². The first-order valence-electron chi connectivity index (χ1n) is 48.8. The Balaban J connectivity index is 1.54. The Hall–Kier alpha value is -16.0. The number of rotatable bonds is 30. The molecule has 0 unspecified atom stereocenters. The fraction of sp³-hybridized carbons (Fsp3) is 0.421. The number of hydrogen-bond donors (Lipinski definition) is 23. The lowest BCUT2D eigenvalue weighted by Crippen LogP contribution is -2.45. The smallest absolute Gasteiger partial charge is 0.333 e. The Bertz CT molecular complexity index is 5980. The number of carbonyl (C=O) groups excluding carboxylic acids is 4. The lowest BCUT2D eigenvalue weighted by molar-refractivity contribution is -0.155. The van der Waals surface area contributed by atoms with E-state index in [1.54, 1.807) is 131 Å². The van der Waals surface area contributed by atoms with Gasteiger partial charge in [0.1, 0.15) is 71.4 Å². The highest BCUT2D eigenvalue weighted by Crippen LogP contribution is 2.29. The van der Waals surface area contributed by atoms with Gasteiger partial charge in [0.2, 0.25) is 64.9 Å². The summed E-state index contributed by atoms with van der Waals surface area (Å²) in [5.74, 6) is -22.6. The average Bonchev–Trinajstić information content (AvgIpc) is 0.815. The predicted molar refractivity (Wildman–Crippen MR) is 579 cm³/mol. The number of aromatic hydroxyl groups is 2. The third-order valence-corrected chi connectivity index (χ3v) is 23.1. The number of benzene rings is 5. The molecule has 0 aliphatic carbocycles. The summed E-state index contributed by atoms with van der Waals surface area (Å²) < 4.78 is 11.7. The van der Waals surface area contributed by atoms with Gasteiger partial charge in [-0.05, 0) is 159 Å². The number of ether oxygens (including phenoxy) is 2. The van der Waals surface area contributed by atoms with Crippen molar-refractivity contribution in [2.75, 3.05) is 33.9 Å². The number of nitrogens with zero attached hydrogens (tertiary/aromatic N) is 14. The first kappa shape index (κ1) is 121. The molecule has 2 aliphatic heterocycles. The van der Waals surface area contributed by atoms with Crippen molar-refractivity contribution >= 4 is 131 Å². The second kappa shape index (κ2) is 60.3. The minimum atomic E-state index is -2.26. The third-order valence-electron chi connectivity index (χ3n) is 23.1. The van der Waals surface area contributed by atoms with E-state index in [1.165, 1.54) is 66.8 Å². The van der Waals surface area contributed by atoms with Gasteiger partial charge in [-0.2, -0.15) is 0 Å². The second-order valence-electron chi connectivity index (χ2n) is 36.5. The van der Waals surface area contributed by atoms with Crippen molar-refractivity contribution in [1.82, 2.24) is 15.1 Å². The molecule has 0 bridgehead atoms. The van der Waals surface area contributed by atoms with Gasteiger partial charge in [-0.1, -0.05) is 194 Å². The molecule has 2 aliphatic rings. The number of aliphatic imine (C=N–C) groups is 12. The number of unbranched alkanes of at least 4 members (excludes halogenated alkanes) is 2. The number of aliphatic hydroxyl groups is 18. The van der Waals surface area contributed by atoms with Crippen LogP contribution in [0.2, 0.25) is 0 Å². The van der Waals surface area contributed by atoms with Crippen LogP contribution < -0.4 is 5.32 Å². The van der Waals surface area contributed by atoms with E-state index in [0.29, 0.717) is 40.8 Å². The van der Waals surface area contributed by atoms with Gasteiger partial charge in [-0.15, -0.1) is 0 Å². The molecule has 0 radical (unpaired) electrons. The maximum absolute atomic E-state index is 15.8. The number of carbonyl (C=O) groups is 4. The SMILES string of the molecule is CCC/C=C\c1ccccc1/C=C/C(O)=N[C@@H]1C(=O)N(C)/C(=C/c2ccc(O)cc2)C(O)=N[C@@H](CC(C)C)C(O)=N[C@H](Cc2ccccc2)C(O)=N[C@@H]([C@H](C)O)C(O)=N[C@@H](CC(=N)O)C(O)=N[C@@H](CO)C(=O)O[C@H](C)[C@H](N=C(O)C/C=C2/C=CNC[C@H]2/C=C\CCC)C(=O)N(C)/C(=C/c2ccc(O)cc2)C(O)=N[C@@H](CC(C)C)C(O)=N[C@H](Cc2ccccc2)C(O)=N[C@@H]([C@H](C)O)C(O)=N[C@@H](CC(=N)O)C(O)=N[C@@H](CO)C(=O)O[C@@H]1C. The van der Waals surface area contributed by atoms with Crippen molar-refractivity contribution in [3.63, 3.8) is 0 Å². The minimum absolute atomic E-state index is 0.150. The van der Waals surface area contributed by atoms with Crippen LogP contribution in [0.5, 0.6) is 11.5 Å². The Morgan fingerprint density at radius 3 is 1.23 bits per heavy atom. The summed E-state index contributed by atoms with van der Waals surface area (Å²) in [6.45, 7) is 12.9. The molecule has 0 saturated heterocycles. The summed E-state index contributed by atoms with van der Waals surface area (Å²) in [7, 11) is 2.21. The van der Waals surface area contributed by atoms with E-state index in [9.17, 15) is 112 Å². The number of hydrogen-bond acceptors (Lipinski definition) is 27. The summed E-state index contributed by atoms with van der Waals surface area (Å²) in [5, 5.41) is 253. The van der Waals surface area contributed by atoms with Crippen molar-refractivity contribution in [3.8, 4) is 11.5 Å². The molecule has 808 valence electrons. The molecule has 23 N–H and O–H groups in total. The van der Waals surface area contributed by atoms with E-state index in [1.807, 2.05) is 38.2 Å². The van der Waals surface area contributed by atoms with Crippen LogP contribution >= 0.6 is 0 Å². The van der Waals surface area contributed by atoms with E-state index in [-0.39, 0.29) is 60.6 Å². The zero-order valence-electron chi connectivity index (χ0n) is 85.6. The molecule has 0 spiro atoms. The minimum Gasteiger partial charge on any atom is -0.508 e. The fourth-order valence-electron chi connectivity index (χ4n) is 15.1. The zero-order valence-corrected chi connectivity index (χ0v) is 85.6. The lowest BCUT2D eigenvalue weighted by atomic mass is 9.94. The zero-order chi connectivity index (χ0) is 111. The Morgan fingerprint density at radius 2 is 0.840 bits per heavy atom. The van der Waals surface area contributed by atoms with Crippen molar-refractivity contribution in [2.24, 2.45) is 77.7 Å². The average molecular weight is 2080 g/mol. The monoisotopic (exact) mass is 2080 g/mol. The first-order chi connectivity index (χ1) is 71.2. The molecular weight excluding hydrogens is 1940 g/mol. The van der Waals surface area contributed by atoms with E-state index in [2.05, 4.69) is 65.2 Å². The van der Waals surface area contributed by atoms with E-state index < -0.39 is 253 Å². The topological polar surface area (TPSA) is 706 Å². The Kier molecular flexibility index (Phi) is 48.6. The summed E-state index contributed by atoms with van der Waals surface area (Å²) in [5.41, 5.74) is 2.00. The number of cyclic esters (lactones) is 2. The molecule has 2 heterocycles. The van der Waals surface area contributed by atoms with Gasteiger partial charge < -0.3 is 127 Å². The van der Waals surface area contributed by atoms with Crippen molar-refractivity contribution < 1.29 is 131 Å². The van der Waals surface area contributed by atoms with Crippen LogP contribution in [0, 0.1) is 28.6 Å². The largest absolute Gasteiger partial charge is 0.508 e. The Morgan fingerprint density at radius 1 is 0.467 bits per heavy atom. The highest BCUT2D eigenvalue weighted by Gasteiger charge is 2.40. The highest BCUT2D eigenvalue weighted by molar-refractivity contribution is 6.05. The lowest BCUT2D eigenvalue weighted by Gasteiger charge is -2.28. The molecule has 150 heavy (non-hydrogen) atoms. The fourth-order valence-corrected chi connectivity index (χ4v) is 15.1. The van der Waals surface area contributed by atoms with Crippen LogP contribution in [0.4, 0.5) is 0 Å². The van der Waals surface area contributed by atoms with Crippen LogP contribution in [-0.2, 0) is 41.5 Å². The maximum atomic E-state index is 15.8. The molecule has 17 atom stereocenters. The normalized spacial score (nSPS) is 24.6. The number of amides is 2. The van der Waals surface area contributed by atoms with E-state index >= 15 is 9.59 Å². The van der Waals surface area contributed by atoms with Crippen LogP contribution in [0.1, 0.15) is 160 Å². The number of esters is 2. The Labute approximate surface area is 869 Å². The molecular formula is C107H139N17O26. The van der Waals surface area contributed by atoms with Crippen LogP contribution in [0.25, 0.3) is 24.3 Å². The molecule has 0 saturated carbocycles. The van der Waals surface area contributed by atoms with Gasteiger partial charge in [0.15, 0.2) is 53.9 Å². The number of likely N-dealkylation sites (N-methyl/N-ethyl adjacent to an activating group) is 2. The van der Waals surface area contributed by atoms with E-state index in [4.69, 9.17) is 20.3 Å². The number of allylic oxidation sites excluding steroid dienone is 3. The molecule has 2 amide bonds. The van der Waals surface area contributed by atoms with E-state index in [0.717, 1.165) is 76.9 Å². The number of phenolic OH excluding ortho intramolecular Hbond substituents is 2. The molecule has 0 aromatic heterocycles. The molecule has 5 aromatic carbocycles. The van der Waals surface area contributed by atoms with Gasteiger partial charge in [0, 0.05) is 51.9 Å². The maximum Gasteiger partial charge on any atom is 0.333 e. The first-order valence-corrected chi connectivity index (χ1v) is 48.8. The van der Waals surface area contributed by atoms with Crippen molar-refractivity contribution in [2.45, 2.75) is 237 Å². The quantitative estimate of drug-likeness (QED) is 0.00878. The van der Waals surface area contributed by atoms with Crippen LogP contribution in [0.3, 0.4) is 0 Å². The van der Waals surface area contributed by atoms with Crippen molar-refractivity contribution in [1.29, 1.82) is 10.8 Å². The summed E-state index contributed by atoms with van der Waals surface area (Å²) >= 11 is 0. The number of phenols is 2. The predicted octanol–water partition coefficient (Wildman–Crippen LogP) is 13.3. The number of aliphatic hydroxyl groups excluding tert-OH is 18. The molecule has 0 fully saturated rings. The molecule has 5 aromatic rings. The highest BCUT2D eigenvalue weighted by atomic mass is 16.6. The van der Waals surface area contributed by atoms with Crippen molar-refractivity contribution in [3.05, 3.63) is 226 Å². The third kappa shape index (κ3) is 38.7. The second-order valence-corrected chi connectivity index (χ2v) is 36.5. The summed E-state index contributed by atoms with van der Waals surface area (Å²) in [6.07, 6.45) is 9.68. The van der Waals surface area contributed by atoms with Crippen LogP contribution in [-0.4, -0.2) is 349 Å².